The highest BCUT2D eigenvalue weighted by atomic mass is 16.5. The highest BCUT2D eigenvalue weighted by Gasteiger charge is 2.22. The number of ether oxygens (including phenoxy) is 3. The number of carbonyl (C=O) groups is 3. The molecule has 0 aliphatic rings. The SMILES string of the molecule is COC(=O)c1ccc(CCc2ccccc2C(=O)C(=O)c2cc(OC)cc(OC)c2)cc1. The lowest BCUT2D eigenvalue weighted by Gasteiger charge is -2.10. The number of benzene rings is 3. The monoisotopic (exact) mass is 432 g/mol. The van der Waals surface area contributed by atoms with E-state index >= 15 is 0 Å². The summed E-state index contributed by atoms with van der Waals surface area (Å²) in [5.74, 6) is -0.734. The summed E-state index contributed by atoms with van der Waals surface area (Å²) >= 11 is 0. The van der Waals surface area contributed by atoms with Crippen molar-refractivity contribution in [3.05, 3.63) is 94.5 Å². The smallest absolute Gasteiger partial charge is 0.337 e. The van der Waals surface area contributed by atoms with E-state index in [2.05, 4.69) is 0 Å². The van der Waals surface area contributed by atoms with Crippen LogP contribution in [0.2, 0.25) is 0 Å². The minimum absolute atomic E-state index is 0.208. The minimum atomic E-state index is -0.628. The molecule has 0 bridgehead atoms. The second-order valence-corrected chi connectivity index (χ2v) is 7.11. The quantitative estimate of drug-likeness (QED) is 0.284. The van der Waals surface area contributed by atoms with Crippen molar-refractivity contribution in [2.45, 2.75) is 12.8 Å². The van der Waals surface area contributed by atoms with Crippen molar-refractivity contribution in [1.29, 1.82) is 0 Å². The number of ketones is 2. The normalized spacial score (nSPS) is 10.3. The number of aryl methyl sites for hydroxylation is 2. The maximum atomic E-state index is 13.0. The Hall–Kier alpha value is -3.93. The van der Waals surface area contributed by atoms with Gasteiger partial charge in [-0.2, -0.15) is 0 Å². The topological polar surface area (TPSA) is 78.9 Å². The predicted octanol–water partition coefficient (Wildman–Crippen LogP) is 4.34. The molecular weight excluding hydrogens is 408 g/mol. The van der Waals surface area contributed by atoms with Gasteiger partial charge in [0.05, 0.1) is 26.9 Å². The van der Waals surface area contributed by atoms with Crippen molar-refractivity contribution in [1.82, 2.24) is 0 Å². The van der Waals surface area contributed by atoms with E-state index in [1.54, 1.807) is 30.3 Å². The van der Waals surface area contributed by atoms with Crippen LogP contribution in [0.5, 0.6) is 11.5 Å². The first kappa shape index (κ1) is 22.7. The Kier molecular flexibility index (Phi) is 7.39. The molecule has 0 saturated carbocycles. The number of methoxy groups -OCH3 is 3. The highest BCUT2D eigenvalue weighted by molar-refractivity contribution is 6.49. The van der Waals surface area contributed by atoms with Crippen LogP contribution in [0, 0.1) is 0 Å². The van der Waals surface area contributed by atoms with Gasteiger partial charge in [0, 0.05) is 17.2 Å². The number of Topliss-reactive ketones (excluding diaryl/α,β-unsaturated/α-hetero) is 2. The van der Waals surface area contributed by atoms with Crippen LogP contribution in [-0.4, -0.2) is 38.9 Å². The summed E-state index contributed by atoms with van der Waals surface area (Å²) < 4.78 is 15.1. The molecule has 0 aromatic heterocycles. The third-order valence-electron chi connectivity index (χ3n) is 5.14. The lowest BCUT2D eigenvalue weighted by molar-refractivity contribution is 0.0600. The summed E-state index contributed by atoms with van der Waals surface area (Å²) in [6.07, 6.45) is 1.21. The molecule has 3 rings (SSSR count). The molecule has 0 atom stereocenters. The molecule has 3 aromatic rings. The van der Waals surface area contributed by atoms with E-state index < -0.39 is 11.6 Å². The Morgan fingerprint density at radius 1 is 0.688 bits per heavy atom. The third-order valence-corrected chi connectivity index (χ3v) is 5.14. The fourth-order valence-electron chi connectivity index (χ4n) is 3.36. The van der Waals surface area contributed by atoms with E-state index in [9.17, 15) is 14.4 Å². The molecular formula is C26H24O6. The molecule has 32 heavy (non-hydrogen) atoms. The molecule has 0 saturated heterocycles. The lowest BCUT2D eigenvalue weighted by atomic mass is 9.93. The van der Waals surface area contributed by atoms with Gasteiger partial charge < -0.3 is 14.2 Å². The van der Waals surface area contributed by atoms with Crippen LogP contribution >= 0.6 is 0 Å². The predicted molar refractivity (Wildman–Crippen MR) is 120 cm³/mol. The van der Waals surface area contributed by atoms with Gasteiger partial charge in [-0.05, 0) is 48.2 Å². The van der Waals surface area contributed by atoms with Gasteiger partial charge in [0.15, 0.2) is 0 Å². The van der Waals surface area contributed by atoms with Crippen LogP contribution < -0.4 is 9.47 Å². The summed E-state index contributed by atoms with van der Waals surface area (Å²) in [5.41, 5.74) is 2.83. The highest BCUT2D eigenvalue weighted by Crippen LogP contribution is 2.24. The van der Waals surface area contributed by atoms with E-state index in [0.717, 1.165) is 11.1 Å². The first-order valence-electron chi connectivity index (χ1n) is 10.0. The molecule has 0 radical (unpaired) electrons. The standard InChI is InChI=1S/C26H24O6/c1-30-21-14-20(15-22(16-21)31-2)24(27)25(28)23-7-5-4-6-18(23)11-8-17-9-12-19(13-10-17)26(29)32-3/h4-7,9-10,12-16H,8,11H2,1-3H3. The molecule has 0 heterocycles. The number of hydrogen-bond acceptors (Lipinski definition) is 6. The van der Waals surface area contributed by atoms with Gasteiger partial charge in [0.2, 0.25) is 11.6 Å². The van der Waals surface area contributed by atoms with E-state index in [1.165, 1.54) is 33.5 Å². The average Bonchev–Trinajstić information content (AvgIpc) is 2.86. The molecule has 0 spiro atoms. The van der Waals surface area contributed by atoms with Crippen LogP contribution in [0.15, 0.2) is 66.7 Å². The molecule has 0 aliphatic heterocycles. The zero-order valence-corrected chi connectivity index (χ0v) is 18.2. The van der Waals surface area contributed by atoms with Crippen molar-refractivity contribution in [3.63, 3.8) is 0 Å². The summed E-state index contributed by atoms with van der Waals surface area (Å²) in [7, 11) is 4.31. The zero-order chi connectivity index (χ0) is 23.1. The second-order valence-electron chi connectivity index (χ2n) is 7.11. The summed E-state index contributed by atoms with van der Waals surface area (Å²) in [6.45, 7) is 0. The largest absolute Gasteiger partial charge is 0.497 e. The van der Waals surface area contributed by atoms with Gasteiger partial charge in [0.25, 0.3) is 0 Å². The van der Waals surface area contributed by atoms with Gasteiger partial charge in [-0.1, -0.05) is 36.4 Å². The van der Waals surface area contributed by atoms with Gasteiger partial charge in [0.1, 0.15) is 11.5 Å². The lowest BCUT2D eigenvalue weighted by Crippen LogP contribution is -2.17. The van der Waals surface area contributed by atoms with Crippen LogP contribution in [0.4, 0.5) is 0 Å². The van der Waals surface area contributed by atoms with E-state index in [0.29, 0.717) is 35.5 Å². The Morgan fingerprint density at radius 3 is 1.91 bits per heavy atom. The molecule has 0 unspecified atom stereocenters. The van der Waals surface area contributed by atoms with Crippen LogP contribution in [0.1, 0.15) is 42.2 Å². The molecule has 6 heteroatoms. The number of esters is 1. The van der Waals surface area contributed by atoms with Crippen molar-refractivity contribution < 1.29 is 28.6 Å². The van der Waals surface area contributed by atoms with Gasteiger partial charge in [-0.25, -0.2) is 4.79 Å². The molecule has 0 fully saturated rings. The second kappa shape index (κ2) is 10.4. The Balaban J connectivity index is 1.79. The van der Waals surface area contributed by atoms with Crippen LogP contribution in [0.3, 0.4) is 0 Å². The minimum Gasteiger partial charge on any atom is -0.497 e. The molecule has 0 N–H and O–H groups in total. The Bertz CT molecular complexity index is 1110. The Morgan fingerprint density at radius 2 is 1.31 bits per heavy atom. The van der Waals surface area contributed by atoms with Crippen molar-refractivity contribution in [2.24, 2.45) is 0 Å². The maximum Gasteiger partial charge on any atom is 0.337 e. The fraction of sp³-hybridized carbons (Fsp3) is 0.192. The average molecular weight is 432 g/mol. The van der Waals surface area contributed by atoms with Gasteiger partial charge in [-0.15, -0.1) is 0 Å². The number of hydrogen-bond donors (Lipinski definition) is 0. The van der Waals surface area contributed by atoms with E-state index in [1.807, 2.05) is 24.3 Å². The molecule has 0 amide bonds. The van der Waals surface area contributed by atoms with Crippen molar-refractivity contribution in [3.8, 4) is 11.5 Å². The number of carbonyl (C=O) groups excluding carboxylic acids is 3. The van der Waals surface area contributed by atoms with Gasteiger partial charge >= 0.3 is 5.97 Å². The maximum absolute atomic E-state index is 13.0. The van der Waals surface area contributed by atoms with Crippen molar-refractivity contribution in [2.75, 3.05) is 21.3 Å². The van der Waals surface area contributed by atoms with E-state index in [-0.39, 0.29) is 11.5 Å². The first-order chi connectivity index (χ1) is 15.5. The summed E-state index contributed by atoms with van der Waals surface area (Å²) in [4.78, 5) is 37.6. The fourth-order valence-corrected chi connectivity index (χ4v) is 3.36. The summed E-state index contributed by atoms with van der Waals surface area (Å²) in [5, 5.41) is 0. The first-order valence-corrected chi connectivity index (χ1v) is 10.0. The molecule has 0 aliphatic carbocycles. The molecule has 3 aromatic carbocycles. The van der Waals surface area contributed by atoms with Crippen LogP contribution in [0.25, 0.3) is 0 Å². The van der Waals surface area contributed by atoms with Gasteiger partial charge in [-0.3, -0.25) is 9.59 Å². The van der Waals surface area contributed by atoms with Crippen LogP contribution in [-0.2, 0) is 17.6 Å². The summed E-state index contributed by atoms with van der Waals surface area (Å²) in [6, 6.07) is 18.9. The zero-order valence-electron chi connectivity index (χ0n) is 18.2. The van der Waals surface area contributed by atoms with Crippen molar-refractivity contribution >= 4 is 17.5 Å². The van der Waals surface area contributed by atoms with E-state index in [4.69, 9.17) is 14.2 Å². The molecule has 6 nitrogen and oxygen atoms in total. The third kappa shape index (κ3) is 5.21. The Labute approximate surface area is 186 Å². The molecule has 164 valence electrons. The number of rotatable bonds is 9.